The number of hydrogen-bond donors (Lipinski definition) is 2. The Morgan fingerprint density at radius 2 is 2.21 bits per heavy atom. The van der Waals surface area contributed by atoms with Crippen LogP contribution in [-0.2, 0) is 9.59 Å². The topological polar surface area (TPSA) is 87.1 Å². The predicted molar refractivity (Wildman–Crippen MR) is 99.1 cm³/mol. The highest BCUT2D eigenvalue weighted by Gasteiger charge is 2.31. The average molecular weight is 432 g/mol. The number of phenolic OH excluding ortho intramolecular Hbond substituents is 1. The number of rotatable bonds is 6. The molecule has 0 spiro atoms. The molecule has 1 saturated heterocycles. The maximum atomic E-state index is 12.4. The molecule has 0 bridgehead atoms. The van der Waals surface area contributed by atoms with Gasteiger partial charge in [0.2, 0.25) is 0 Å². The van der Waals surface area contributed by atoms with Crippen LogP contribution in [0.25, 0.3) is 6.08 Å². The monoisotopic (exact) mass is 431 g/mol. The first-order chi connectivity index (χ1) is 11.3. The zero-order chi connectivity index (χ0) is 17.9. The number of thioether (sulfide) groups is 1. The summed E-state index contributed by atoms with van der Waals surface area (Å²) in [6.07, 6.45) is 1.98. The molecular formula is C15H14BrNO5S2. The summed E-state index contributed by atoms with van der Waals surface area (Å²) in [6.45, 7) is 0.275. The number of benzene rings is 1. The van der Waals surface area contributed by atoms with E-state index >= 15 is 0 Å². The Morgan fingerprint density at radius 3 is 2.83 bits per heavy atom. The van der Waals surface area contributed by atoms with Gasteiger partial charge in [0.15, 0.2) is 11.5 Å². The summed E-state index contributed by atoms with van der Waals surface area (Å²) in [7, 11) is 1.44. The SMILES string of the molecule is COc1cc(/C=C2/SC(=S)N(CCCC(=O)O)C2=O)cc(Br)c1O. The minimum atomic E-state index is -0.906. The van der Waals surface area contributed by atoms with Crippen molar-refractivity contribution in [3.05, 3.63) is 27.1 Å². The van der Waals surface area contributed by atoms with Gasteiger partial charge in [-0.05, 0) is 46.1 Å². The Hall–Kier alpha value is -1.58. The van der Waals surface area contributed by atoms with E-state index in [0.717, 1.165) is 11.8 Å². The van der Waals surface area contributed by atoms with Gasteiger partial charge in [-0.1, -0.05) is 24.0 Å². The van der Waals surface area contributed by atoms with Crippen LogP contribution in [0.2, 0.25) is 0 Å². The van der Waals surface area contributed by atoms with Gasteiger partial charge in [-0.25, -0.2) is 0 Å². The number of aromatic hydroxyl groups is 1. The van der Waals surface area contributed by atoms with Crippen LogP contribution in [0, 0.1) is 0 Å². The fourth-order valence-corrected chi connectivity index (χ4v) is 3.83. The Kier molecular flexibility index (Phi) is 6.25. The van der Waals surface area contributed by atoms with Crippen molar-refractivity contribution in [3.63, 3.8) is 0 Å². The molecule has 1 aromatic rings. The number of hydrogen-bond acceptors (Lipinski definition) is 6. The molecule has 9 heteroatoms. The van der Waals surface area contributed by atoms with E-state index in [0.29, 0.717) is 25.7 Å². The lowest BCUT2D eigenvalue weighted by Gasteiger charge is -2.13. The molecule has 0 aliphatic carbocycles. The quantitative estimate of drug-likeness (QED) is 0.527. The summed E-state index contributed by atoms with van der Waals surface area (Å²) in [6, 6.07) is 3.27. The number of ether oxygens (including phenoxy) is 1. The molecule has 128 valence electrons. The fourth-order valence-electron chi connectivity index (χ4n) is 2.07. The molecule has 0 saturated carbocycles. The summed E-state index contributed by atoms with van der Waals surface area (Å²) < 4.78 is 5.94. The Morgan fingerprint density at radius 1 is 1.50 bits per heavy atom. The minimum absolute atomic E-state index is 0.0157. The molecule has 1 amide bonds. The molecule has 0 unspecified atom stereocenters. The third-order valence-electron chi connectivity index (χ3n) is 3.21. The highest BCUT2D eigenvalue weighted by Crippen LogP contribution is 2.38. The highest BCUT2D eigenvalue weighted by atomic mass is 79.9. The molecule has 1 aliphatic rings. The Bertz CT molecular complexity index is 735. The molecule has 2 rings (SSSR count). The lowest BCUT2D eigenvalue weighted by molar-refractivity contribution is -0.137. The predicted octanol–water partition coefficient (Wildman–Crippen LogP) is 3.23. The summed E-state index contributed by atoms with van der Waals surface area (Å²) in [5, 5.41) is 18.5. The zero-order valence-electron chi connectivity index (χ0n) is 12.6. The van der Waals surface area contributed by atoms with E-state index in [1.807, 2.05) is 0 Å². The van der Waals surface area contributed by atoms with E-state index in [-0.39, 0.29) is 30.4 Å². The van der Waals surface area contributed by atoms with Crippen LogP contribution in [0.15, 0.2) is 21.5 Å². The second-order valence-electron chi connectivity index (χ2n) is 4.88. The molecule has 1 fully saturated rings. The van der Waals surface area contributed by atoms with Crippen molar-refractivity contribution in [3.8, 4) is 11.5 Å². The van der Waals surface area contributed by atoms with Gasteiger partial charge in [-0.15, -0.1) is 0 Å². The number of aliphatic carboxylic acids is 1. The van der Waals surface area contributed by atoms with Crippen LogP contribution >= 0.6 is 39.9 Å². The standard InChI is InChI=1S/C15H14BrNO5S2/c1-22-10-6-8(5-9(16)13(10)20)7-11-14(21)17(15(23)24-11)4-2-3-12(18)19/h5-7,20H,2-4H2,1H3,(H,18,19)/b11-7+. The number of methoxy groups -OCH3 is 1. The van der Waals surface area contributed by atoms with E-state index in [4.69, 9.17) is 22.1 Å². The number of amides is 1. The van der Waals surface area contributed by atoms with E-state index in [1.165, 1.54) is 12.0 Å². The third kappa shape index (κ3) is 4.28. The van der Waals surface area contributed by atoms with Gasteiger partial charge in [-0.3, -0.25) is 14.5 Å². The van der Waals surface area contributed by atoms with Crippen LogP contribution in [0.1, 0.15) is 18.4 Å². The Labute approximate surface area is 156 Å². The first-order valence-electron chi connectivity index (χ1n) is 6.87. The van der Waals surface area contributed by atoms with Crippen molar-refractivity contribution in [2.45, 2.75) is 12.8 Å². The lowest BCUT2D eigenvalue weighted by atomic mass is 10.2. The highest BCUT2D eigenvalue weighted by molar-refractivity contribution is 9.10. The van der Waals surface area contributed by atoms with E-state index in [2.05, 4.69) is 15.9 Å². The van der Waals surface area contributed by atoms with Gasteiger partial charge >= 0.3 is 5.97 Å². The largest absolute Gasteiger partial charge is 0.503 e. The van der Waals surface area contributed by atoms with Crippen LogP contribution in [0.3, 0.4) is 0 Å². The number of carbonyl (C=O) groups excluding carboxylic acids is 1. The number of halogens is 1. The average Bonchev–Trinajstić information content (AvgIpc) is 2.77. The smallest absolute Gasteiger partial charge is 0.303 e. The van der Waals surface area contributed by atoms with Gasteiger partial charge in [0, 0.05) is 13.0 Å². The minimum Gasteiger partial charge on any atom is -0.503 e. The Balaban J connectivity index is 2.19. The third-order valence-corrected chi connectivity index (χ3v) is 5.20. The van der Waals surface area contributed by atoms with Crippen LogP contribution in [-0.4, -0.2) is 45.0 Å². The summed E-state index contributed by atoms with van der Waals surface area (Å²) in [5.74, 6) is -0.890. The van der Waals surface area contributed by atoms with Crippen molar-refractivity contribution < 1.29 is 24.5 Å². The molecule has 1 aliphatic heterocycles. The molecule has 0 aromatic heterocycles. The first-order valence-corrected chi connectivity index (χ1v) is 8.89. The maximum absolute atomic E-state index is 12.4. The van der Waals surface area contributed by atoms with Gasteiger partial charge in [0.1, 0.15) is 4.32 Å². The van der Waals surface area contributed by atoms with Gasteiger partial charge in [-0.2, -0.15) is 0 Å². The number of thiocarbonyl (C=S) groups is 1. The summed E-state index contributed by atoms with van der Waals surface area (Å²) >= 11 is 9.58. The van der Waals surface area contributed by atoms with Crippen molar-refractivity contribution in [1.29, 1.82) is 0 Å². The van der Waals surface area contributed by atoms with E-state index < -0.39 is 5.97 Å². The zero-order valence-corrected chi connectivity index (χ0v) is 15.8. The first kappa shape index (κ1) is 18.8. The van der Waals surface area contributed by atoms with Crippen molar-refractivity contribution in [2.75, 3.05) is 13.7 Å². The number of phenols is 1. The number of carboxylic acid groups (broad SMARTS) is 1. The fraction of sp³-hybridized carbons (Fsp3) is 0.267. The second kappa shape index (κ2) is 8.00. The molecule has 0 radical (unpaired) electrons. The van der Waals surface area contributed by atoms with E-state index in [9.17, 15) is 14.7 Å². The summed E-state index contributed by atoms with van der Waals surface area (Å²) in [5.41, 5.74) is 0.669. The van der Waals surface area contributed by atoms with Crippen LogP contribution in [0.4, 0.5) is 0 Å². The van der Waals surface area contributed by atoms with Crippen LogP contribution in [0.5, 0.6) is 11.5 Å². The van der Waals surface area contributed by atoms with Gasteiger partial charge in [0.25, 0.3) is 5.91 Å². The molecule has 1 heterocycles. The van der Waals surface area contributed by atoms with E-state index in [1.54, 1.807) is 18.2 Å². The van der Waals surface area contributed by atoms with Crippen molar-refractivity contribution in [2.24, 2.45) is 0 Å². The molecule has 1 aromatic carbocycles. The van der Waals surface area contributed by atoms with Gasteiger partial charge < -0.3 is 14.9 Å². The summed E-state index contributed by atoms with van der Waals surface area (Å²) in [4.78, 5) is 24.8. The van der Waals surface area contributed by atoms with Crippen LogP contribution < -0.4 is 4.74 Å². The van der Waals surface area contributed by atoms with Crippen molar-refractivity contribution in [1.82, 2.24) is 4.90 Å². The number of carbonyl (C=O) groups is 2. The number of carboxylic acids is 1. The molecule has 2 N–H and O–H groups in total. The van der Waals surface area contributed by atoms with Gasteiger partial charge in [0.05, 0.1) is 16.5 Å². The molecule has 6 nitrogen and oxygen atoms in total. The second-order valence-corrected chi connectivity index (χ2v) is 7.41. The molecule has 0 atom stereocenters. The maximum Gasteiger partial charge on any atom is 0.303 e. The normalized spacial score (nSPS) is 16.1. The molecular weight excluding hydrogens is 418 g/mol. The molecule has 24 heavy (non-hydrogen) atoms. The lowest BCUT2D eigenvalue weighted by Crippen LogP contribution is -2.29. The number of nitrogens with zero attached hydrogens (tertiary/aromatic N) is 1. The van der Waals surface area contributed by atoms with Crippen molar-refractivity contribution >= 4 is 62.2 Å².